The van der Waals surface area contributed by atoms with E-state index in [9.17, 15) is 0 Å². The number of benzene rings is 1. The van der Waals surface area contributed by atoms with Crippen molar-refractivity contribution >= 4 is 0 Å². The molecule has 0 radical (unpaired) electrons. The van der Waals surface area contributed by atoms with Crippen LogP contribution >= 0.6 is 0 Å². The average Bonchev–Trinajstić information content (AvgIpc) is 2.96. The van der Waals surface area contributed by atoms with Crippen LogP contribution in [0.15, 0.2) is 30.6 Å². The highest BCUT2D eigenvalue weighted by Crippen LogP contribution is 2.29. The predicted octanol–water partition coefficient (Wildman–Crippen LogP) is 1.79. The molecule has 0 bridgehead atoms. The van der Waals surface area contributed by atoms with E-state index in [0.29, 0.717) is 0 Å². The minimum Gasteiger partial charge on any atom is -0.493 e. The Balaban J connectivity index is 1.82. The first-order chi connectivity index (χ1) is 9.81. The maximum atomic E-state index is 5.35. The number of hydrogen-bond acceptors (Lipinski definition) is 4. The van der Waals surface area contributed by atoms with E-state index in [0.717, 1.165) is 36.8 Å². The Labute approximate surface area is 118 Å². The topological polar surface area (TPSA) is 48.3 Å². The minimum absolute atomic E-state index is 0.247. The van der Waals surface area contributed by atoms with Crippen molar-refractivity contribution in [3.63, 3.8) is 0 Å². The number of fused-ring (bicyclic) bond motifs is 1. The Morgan fingerprint density at radius 2 is 2.15 bits per heavy atom. The third kappa shape index (κ3) is 2.36. The zero-order valence-electron chi connectivity index (χ0n) is 11.8. The van der Waals surface area contributed by atoms with E-state index in [4.69, 9.17) is 9.47 Å². The summed E-state index contributed by atoms with van der Waals surface area (Å²) in [7, 11) is 3.31. The zero-order valence-corrected chi connectivity index (χ0v) is 11.8. The van der Waals surface area contributed by atoms with Crippen LogP contribution in [0, 0.1) is 0 Å². The second-order valence-electron chi connectivity index (χ2n) is 4.88. The van der Waals surface area contributed by atoms with E-state index < -0.39 is 0 Å². The zero-order chi connectivity index (χ0) is 13.9. The first-order valence-electron chi connectivity index (χ1n) is 6.77. The quantitative estimate of drug-likeness (QED) is 0.922. The van der Waals surface area contributed by atoms with Gasteiger partial charge in [0, 0.05) is 25.5 Å². The maximum Gasteiger partial charge on any atom is 0.160 e. The lowest BCUT2D eigenvalue weighted by Gasteiger charge is -2.25. The van der Waals surface area contributed by atoms with Crippen molar-refractivity contribution in [1.82, 2.24) is 14.9 Å². The second-order valence-corrected chi connectivity index (χ2v) is 4.88. The fourth-order valence-corrected chi connectivity index (χ4v) is 2.68. The molecule has 20 heavy (non-hydrogen) atoms. The van der Waals surface area contributed by atoms with Gasteiger partial charge in [0.15, 0.2) is 11.5 Å². The lowest BCUT2D eigenvalue weighted by atomic mass is 10.0. The van der Waals surface area contributed by atoms with Crippen LogP contribution in [0.3, 0.4) is 0 Å². The van der Waals surface area contributed by atoms with Gasteiger partial charge in [0.25, 0.3) is 0 Å². The average molecular weight is 273 g/mol. The standard InChI is InChI=1S/C15H19N3O2/c1-19-13-4-3-11(10-14(13)20-2)9-12-15-17-6-8-18(15)7-5-16-12/h3-4,6,8,10,12,16H,5,7,9H2,1-2H3. The summed E-state index contributed by atoms with van der Waals surface area (Å²) in [6.07, 6.45) is 4.79. The van der Waals surface area contributed by atoms with Crippen LogP contribution < -0.4 is 14.8 Å². The first-order valence-corrected chi connectivity index (χ1v) is 6.77. The number of rotatable bonds is 4. The van der Waals surface area contributed by atoms with Crippen LogP contribution in [-0.4, -0.2) is 30.3 Å². The Morgan fingerprint density at radius 3 is 2.95 bits per heavy atom. The first kappa shape index (κ1) is 13.0. The third-order valence-corrected chi connectivity index (χ3v) is 3.69. The molecule has 5 heteroatoms. The number of aromatic nitrogens is 2. The van der Waals surface area contributed by atoms with Crippen molar-refractivity contribution in [3.05, 3.63) is 42.0 Å². The molecular formula is C15H19N3O2. The SMILES string of the molecule is COc1ccc(CC2NCCn3ccnc32)cc1OC. The van der Waals surface area contributed by atoms with Gasteiger partial charge >= 0.3 is 0 Å². The molecule has 0 amide bonds. The van der Waals surface area contributed by atoms with Crippen molar-refractivity contribution in [2.24, 2.45) is 0 Å². The number of nitrogens with one attached hydrogen (secondary N) is 1. The van der Waals surface area contributed by atoms with Gasteiger partial charge < -0.3 is 19.4 Å². The van der Waals surface area contributed by atoms with Crippen LogP contribution in [0.2, 0.25) is 0 Å². The monoisotopic (exact) mass is 273 g/mol. The normalized spacial score (nSPS) is 17.6. The van der Waals surface area contributed by atoms with Crippen LogP contribution in [0.5, 0.6) is 11.5 Å². The van der Waals surface area contributed by atoms with Gasteiger partial charge in [0.05, 0.1) is 20.3 Å². The van der Waals surface area contributed by atoms with Gasteiger partial charge in [0.1, 0.15) is 5.82 Å². The van der Waals surface area contributed by atoms with Crippen molar-refractivity contribution in [2.45, 2.75) is 19.0 Å². The lowest BCUT2D eigenvalue weighted by molar-refractivity contribution is 0.354. The summed E-state index contributed by atoms with van der Waals surface area (Å²) in [6, 6.07) is 6.30. The number of nitrogens with zero attached hydrogens (tertiary/aromatic N) is 2. The van der Waals surface area contributed by atoms with Gasteiger partial charge in [0.2, 0.25) is 0 Å². The van der Waals surface area contributed by atoms with E-state index >= 15 is 0 Å². The van der Waals surface area contributed by atoms with E-state index in [1.54, 1.807) is 14.2 Å². The van der Waals surface area contributed by atoms with Gasteiger partial charge in [-0.1, -0.05) is 6.07 Å². The molecule has 1 N–H and O–H groups in total. The molecule has 1 aromatic heterocycles. The van der Waals surface area contributed by atoms with Crippen LogP contribution in [0.25, 0.3) is 0 Å². The summed E-state index contributed by atoms with van der Waals surface area (Å²) in [4.78, 5) is 4.46. The molecule has 0 aliphatic carbocycles. The van der Waals surface area contributed by atoms with Crippen molar-refractivity contribution in [3.8, 4) is 11.5 Å². The highest BCUT2D eigenvalue weighted by atomic mass is 16.5. The Bertz CT molecular complexity index is 595. The smallest absolute Gasteiger partial charge is 0.160 e. The van der Waals surface area contributed by atoms with Gasteiger partial charge in [-0.15, -0.1) is 0 Å². The molecule has 0 saturated carbocycles. The van der Waals surface area contributed by atoms with Gasteiger partial charge in [-0.3, -0.25) is 0 Å². The Morgan fingerprint density at radius 1 is 1.30 bits per heavy atom. The van der Waals surface area contributed by atoms with Crippen LogP contribution in [-0.2, 0) is 13.0 Å². The summed E-state index contributed by atoms with van der Waals surface area (Å²) in [5, 5.41) is 3.52. The molecule has 1 unspecified atom stereocenters. The highest BCUT2D eigenvalue weighted by Gasteiger charge is 2.21. The third-order valence-electron chi connectivity index (χ3n) is 3.69. The molecule has 5 nitrogen and oxygen atoms in total. The van der Waals surface area contributed by atoms with Gasteiger partial charge in [-0.2, -0.15) is 0 Å². The fourth-order valence-electron chi connectivity index (χ4n) is 2.68. The number of ether oxygens (including phenoxy) is 2. The summed E-state index contributed by atoms with van der Waals surface area (Å²) >= 11 is 0. The number of hydrogen-bond donors (Lipinski definition) is 1. The van der Waals surface area contributed by atoms with Gasteiger partial charge in [-0.25, -0.2) is 4.98 Å². The fraction of sp³-hybridized carbons (Fsp3) is 0.400. The maximum absolute atomic E-state index is 5.35. The lowest BCUT2D eigenvalue weighted by Crippen LogP contribution is -2.34. The summed E-state index contributed by atoms with van der Waals surface area (Å²) in [5.74, 6) is 2.63. The molecule has 1 aromatic carbocycles. The molecule has 1 aliphatic rings. The molecule has 1 atom stereocenters. The van der Waals surface area contributed by atoms with Crippen molar-refractivity contribution in [1.29, 1.82) is 0 Å². The minimum atomic E-state index is 0.247. The van der Waals surface area contributed by atoms with Crippen LogP contribution in [0.4, 0.5) is 0 Å². The predicted molar refractivity (Wildman–Crippen MR) is 76.2 cm³/mol. The summed E-state index contributed by atoms with van der Waals surface area (Å²) in [5.41, 5.74) is 1.21. The van der Waals surface area contributed by atoms with E-state index in [2.05, 4.69) is 20.9 Å². The Hall–Kier alpha value is -2.01. The molecule has 106 valence electrons. The van der Waals surface area contributed by atoms with E-state index in [1.807, 2.05) is 24.5 Å². The highest BCUT2D eigenvalue weighted by molar-refractivity contribution is 5.43. The molecule has 0 fully saturated rings. The van der Waals surface area contributed by atoms with Crippen LogP contribution in [0.1, 0.15) is 17.4 Å². The van der Waals surface area contributed by atoms with Crippen molar-refractivity contribution < 1.29 is 9.47 Å². The molecule has 0 spiro atoms. The molecule has 2 aromatic rings. The summed E-state index contributed by atoms with van der Waals surface area (Å²) < 4.78 is 12.8. The van der Waals surface area contributed by atoms with E-state index in [-0.39, 0.29) is 6.04 Å². The Kier molecular flexibility index (Phi) is 3.60. The second kappa shape index (κ2) is 5.54. The van der Waals surface area contributed by atoms with Crippen molar-refractivity contribution in [2.75, 3.05) is 20.8 Å². The van der Waals surface area contributed by atoms with E-state index in [1.165, 1.54) is 5.56 Å². The summed E-state index contributed by atoms with van der Waals surface area (Å²) in [6.45, 7) is 1.96. The molecule has 1 aliphatic heterocycles. The molecule has 2 heterocycles. The largest absolute Gasteiger partial charge is 0.493 e. The van der Waals surface area contributed by atoms with Gasteiger partial charge in [-0.05, 0) is 24.1 Å². The molecular weight excluding hydrogens is 254 g/mol. The molecule has 3 rings (SSSR count). The molecule has 0 saturated heterocycles. The number of methoxy groups -OCH3 is 2. The number of imidazole rings is 1.